The van der Waals surface area contributed by atoms with Gasteiger partial charge in [-0.2, -0.15) is 0 Å². The van der Waals surface area contributed by atoms with Crippen molar-refractivity contribution in [3.05, 3.63) is 23.9 Å². The van der Waals surface area contributed by atoms with Crippen molar-refractivity contribution in [3.63, 3.8) is 0 Å². The second-order valence-electron chi connectivity index (χ2n) is 4.87. The predicted octanol–water partition coefficient (Wildman–Crippen LogP) is 1.54. The third-order valence-corrected chi connectivity index (χ3v) is 2.92. The number of nitrogens with zero attached hydrogens (tertiary/aromatic N) is 2. The van der Waals surface area contributed by atoms with Gasteiger partial charge in [-0.3, -0.25) is 4.79 Å². The largest absolute Gasteiger partial charge is 0.355 e. The van der Waals surface area contributed by atoms with Crippen molar-refractivity contribution in [2.24, 2.45) is 0 Å². The van der Waals surface area contributed by atoms with E-state index in [1.165, 1.54) is 0 Å². The first-order chi connectivity index (χ1) is 9.69. The predicted molar refractivity (Wildman–Crippen MR) is 82.8 cm³/mol. The van der Waals surface area contributed by atoms with E-state index >= 15 is 0 Å². The first-order valence-corrected chi connectivity index (χ1v) is 7.31. The summed E-state index contributed by atoms with van der Waals surface area (Å²) in [6, 6.07) is 3.98. The quantitative estimate of drug-likeness (QED) is 0.673. The first-order valence-electron chi connectivity index (χ1n) is 7.31. The van der Waals surface area contributed by atoms with Gasteiger partial charge in [0.1, 0.15) is 5.82 Å². The molecule has 1 amide bonds. The van der Waals surface area contributed by atoms with Gasteiger partial charge in [0, 0.05) is 31.9 Å². The summed E-state index contributed by atoms with van der Waals surface area (Å²) in [6.45, 7) is 6.99. The van der Waals surface area contributed by atoms with Gasteiger partial charge >= 0.3 is 0 Å². The van der Waals surface area contributed by atoms with Crippen LogP contribution in [0, 0.1) is 0 Å². The molecule has 0 fully saturated rings. The van der Waals surface area contributed by atoms with Crippen LogP contribution in [0.5, 0.6) is 0 Å². The second kappa shape index (κ2) is 9.31. The molecule has 112 valence electrons. The van der Waals surface area contributed by atoms with Crippen molar-refractivity contribution < 1.29 is 4.79 Å². The standard InChI is InChI=1S/C15H26N4O/c1-4-8-16-11-13-7-6-10-18-15(13)19(3)12-14(20)17-9-5-2/h6-7,10,16H,4-5,8-9,11-12H2,1-3H3,(H,17,20). The zero-order valence-electron chi connectivity index (χ0n) is 12.8. The van der Waals surface area contributed by atoms with Gasteiger partial charge in [-0.1, -0.05) is 19.9 Å². The lowest BCUT2D eigenvalue weighted by atomic mass is 10.2. The molecule has 0 radical (unpaired) electrons. The van der Waals surface area contributed by atoms with E-state index in [0.717, 1.165) is 43.9 Å². The van der Waals surface area contributed by atoms with Gasteiger partial charge in [-0.25, -0.2) is 4.98 Å². The topological polar surface area (TPSA) is 57.3 Å². The number of amides is 1. The van der Waals surface area contributed by atoms with Crippen LogP contribution in [0.4, 0.5) is 5.82 Å². The fourth-order valence-corrected chi connectivity index (χ4v) is 1.92. The van der Waals surface area contributed by atoms with Crippen molar-refractivity contribution in [2.75, 3.05) is 31.6 Å². The lowest BCUT2D eigenvalue weighted by Crippen LogP contribution is -2.36. The smallest absolute Gasteiger partial charge is 0.239 e. The molecule has 0 aliphatic carbocycles. The summed E-state index contributed by atoms with van der Waals surface area (Å²) < 4.78 is 0. The van der Waals surface area contributed by atoms with E-state index in [4.69, 9.17) is 0 Å². The third kappa shape index (κ3) is 5.57. The molecule has 0 atom stereocenters. The highest BCUT2D eigenvalue weighted by Crippen LogP contribution is 2.15. The SMILES string of the molecule is CCCNCc1cccnc1N(C)CC(=O)NCCC. The van der Waals surface area contributed by atoms with Crippen LogP contribution in [0.2, 0.25) is 0 Å². The van der Waals surface area contributed by atoms with Crippen LogP contribution in [0.1, 0.15) is 32.3 Å². The van der Waals surface area contributed by atoms with Crippen molar-refractivity contribution in [1.82, 2.24) is 15.6 Å². The molecule has 2 N–H and O–H groups in total. The Labute approximate surface area is 121 Å². The average Bonchev–Trinajstić information content (AvgIpc) is 2.46. The number of pyridine rings is 1. The molecule has 1 rings (SSSR count). The number of hydrogen-bond acceptors (Lipinski definition) is 4. The zero-order chi connectivity index (χ0) is 14.8. The fraction of sp³-hybridized carbons (Fsp3) is 0.600. The molecule has 5 heteroatoms. The first kappa shape index (κ1) is 16.4. The summed E-state index contributed by atoms with van der Waals surface area (Å²) in [6.07, 6.45) is 3.81. The maximum atomic E-state index is 11.8. The summed E-state index contributed by atoms with van der Waals surface area (Å²) in [5, 5.41) is 6.25. The minimum absolute atomic E-state index is 0.0347. The Morgan fingerprint density at radius 2 is 2.05 bits per heavy atom. The summed E-state index contributed by atoms with van der Waals surface area (Å²) in [5.74, 6) is 0.898. The van der Waals surface area contributed by atoms with Gasteiger partial charge in [-0.15, -0.1) is 0 Å². The maximum Gasteiger partial charge on any atom is 0.239 e. The van der Waals surface area contributed by atoms with Crippen LogP contribution in [-0.2, 0) is 11.3 Å². The van der Waals surface area contributed by atoms with Gasteiger partial charge in [-0.05, 0) is 25.5 Å². The van der Waals surface area contributed by atoms with E-state index in [0.29, 0.717) is 6.54 Å². The summed E-state index contributed by atoms with van der Waals surface area (Å²) in [7, 11) is 1.90. The van der Waals surface area contributed by atoms with Gasteiger partial charge in [0.05, 0.1) is 6.54 Å². The average molecular weight is 278 g/mol. The molecule has 1 aromatic rings. The second-order valence-corrected chi connectivity index (χ2v) is 4.87. The van der Waals surface area contributed by atoms with Gasteiger partial charge in [0.15, 0.2) is 0 Å². The van der Waals surface area contributed by atoms with E-state index < -0.39 is 0 Å². The molecular weight excluding hydrogens is 252 g/mol. The van der Waals surface area contributed by atoms with E-state index in [1.807, 2.05) is 31.0 Å². The summed E-state index contributed by atoms with van der Waals surface area (Å²) in [5.41, 5.74) is 1.12. The highest BCUT2D eigenvalue weighted by molar-refractivity contribution is 5.81. The number of rotatable bonds is 9. The van der Waals surface area contributed by atoms with Gasteiger partial charge in [0.2, 0.25) is 5.91 Å². The molecule has 0 saturated heterocycles. The van der Waals surface area contributed by atoms with E-state index in [9.17, 15) is 4.79 Å². The number of nitrogens with one attached hydrogen (secondary N) is 2. The summed E-state index contributed by atoms with van der Waals surface area (Å²) >= 11 is 0. The maximum absolute atomic E-state index is 11.8. The number of carbonyl (C=O) groups is 1. The monoisotopic (exact) mass is 278 g/mol. The molecule has 0 aromatic carbocycles. The molecule has 0 spiro atoms. The van der Waals surface area contributed by atoms with Crippen molar-refractivity contribution in [3.8, 4) is 0 Å². The molecule has 0 aliphatic heterocycles. The number of likely N-dealkylation sites (N-methyl/N-ethyl adjacent to an activating group) is 1. The Morgan fingerprint density at radius 3 is 2.75 bits per heavy atom. The Kier molecular flexibility index (Phi) is 7.65. The number of carbonyl (C=O) groups excluding carboxylic acids is 1. The molecule has 1 heterocycles. The third-order valence-electron chi connectivity index (χ3n) is 2.92. The molecule has 20 heavy (non-hydrogen) atoms. The molecule has 0 saturated carbocycles. The van der Waals surface area contributed by atoms with Crippen LogP contribution in [0.15, 0.2) is 18.3 Å². The van der Waals surface area contributed by atoms with Gasteiger partial charge < -0.3 is 15.5 Å². The number of hydrogen-bond donors (Lipinski definition) is 2. The molecule has 0 aliphatic rings. The van der Waals surface area contributed by atoms with Crippen LogP contribution < -0.4 is 15.5 Å². The van der Waals surface area contributed by atoms with Crippen LogP contribution in [0.3, 0.4) is 0 Å². The molecule has 1 aromatic heterocycles. The van der Waals surface area contributed by atoms with Crippen molar-refractivity contribution in [1.29, 1.82) is 0 Å². The molecular formula is C15H26N4O. The summed E-state index contributed by atoms with van der Waals surface area (Å²) in [4.78, 5) is 18.1. The fourth-order valence-electron chi connectivity index (χ4n) is 1.92. The zero-order valence-corrected chi connectivity index (χ0v) is 12.8. The lowest BCUT2D eigenvalue weighted by molar-refractivity contribution is -0.119. The highest BCUT2D eigenvalue weighted by atomic mass is 16.2. The van der Waals surface area contributed by atoms with Crippen LogP contribution in [0.25, 0.3) is 0 Å². The molecule has 0 bridgehead atoms. The van der Waals surface area contributed by atoms with E-state index in [1.54, 1.807) is 6.20 Å². The normalized spacial score (nSPS) is 10.3. The van der Waals surface area contributed by atoms with Crippen molar-refractivity contribution in [2.45, 2.75) is 33.2 Å². The Bertz CT molecular complexity index is 409. The number of anilines is 1. The molecule has 0 unspecified atom stereocenters. The minimum atomic E-state index is 0.0347. The van der Waals surface area contributed by atoms with E-state index in [-0.39, 0.29) is 5.91 Å². The van der Waals surface area contributed by atoms with E-state index in [2.05, 4.69) is 22.5 Å². The van der Waals surface area contributed by atoms with Crippen molar-refractivity contribution >= 4 is 11.7 Å². The number of aromatic nitrogens is 1. The van der Waals surface area contributed by atoms with Gasteiger partial charge in [0.25, 0.3) is 0 Å². The Hall–Kier alpha value is -1.62. The Morgan fingerprint density at radius 1 is 1.30 bits per heavy atom. The van der Waals surface area contributed by atoms with Crippen LogP contribution in [-0.4, -0.2) is 37.6 Å². The highest BCUT2D eigenvalue weighted by Gasteiger charge is 2.11. The minimum Gasteiger partial charge on any atom is -0.355 e. The lowest BCUT2D eigenvalue weighted by Gasteiger charge is -2.20. The van der Waals surface area contributed by atoms with Crippen LogP contribution >= 0.6 is 0 Å². The Balaban J connectivity index is 2.61. The molecule has 5 nitrogen and oxygen atoms in total.